The van der Waals surface area contributed by atoms with E-state index in [-0.39, 0.29) is 17.7 Å². The van der Waals surface area contributed by atoms with Gasteiger partial charge < -0.3 is 15.3 Å². The van der Waals surface area contributed by atoms with Gasteiger partial charge in [0.15, 0.2) is 5.78 Å². The van der Waals surface area contributed by atoms with E-state index in [0.717, 1.165) is 0 Å². The standard InChI is InChI=1S/C10H10O4/c11-6-3-1-2-5-7(12)4-8(13)10(14)9(5)6/h1-3,7-8,11-13H,4H2/t7-,8-/m1/s1. The third kappa shape index (κ3) is 1.20. The lowest BCUT2D eigenvalue weighted by atomic mass is 9.86. The number of carbonyl (C=O) groups is 1. The second-order valence-corrected chi connectivity index (χ2v) is 3.37. The summed E-state index contributed by atoms with van der Waals surface area (Å²) in [5.41, 5.74) is 0.430. The highest BCUT2D eigenvalue weighted by Crippen LogP contribution is 2.34. The number of carbonyl (C=O) groups excluding carboxylic acids is 1. The number of aliphatic hydroxyl groups excluding tert-OH is 2. The third-order valence-electron chi connectivity index (χ3n) is 2.43. The van der Waals surface area contributed by atoms with Gasteiger partial charge in [-0.15, -0.1) is 0 Å². The monoisotopic (exact) mass is 194 g/mol. The van der Waals surface area contributed by atoms with Crippen LogP contribution < -0.4 is 0 Å². The first-order chi connectivity index (χ1) is 6.61. The summed E-state index contributed by atoms with van der Waals surface area (Å²) in [5.74, 6) is -0.714. The van der Waals surface area contributed by atoms with Gasteiger partial charge in [-0.05, 0) is 11.6 Å². The zero-order chi connectivity index (χ0) is 10.3. The van der Waals surface area contributed by atoms with Crippen molar-refractivity contribution < 1.29 is 20.1 Å². The van der Waals surface area contributed by atoms with Crippen LogP contribution in [0.1, 0.15) is 28.4 Å². The number of aliphatic hydroxyl groups is 2. The van der Waals surface area contributed by atoms with E-state index in [0.29, 0.717) is 5.56 Å². The van der Waals surface area contributed by atoms with Crippen LogP contribution in [0.15, 0.2) is 18.2 Å². The highest BCUT2D eigenvalue weighted by molar-refractivity contribution is 6.04. The van der Waals surface area contributed by atoms with Crippen molar-refractivity contribution in [3.8, 4) is 5.75 Å². The molecule has 0 fully saturated rings. The number of Topliss-reactive ketones (excluding diaryl/α,β-unsaturated/α-hetero) is 1. The molecule has 3 N–H and O–H groups in total. The summed E-state index contributed by atoms with van der Waals surface area (Å²) < 4.78 is 0. The molecular formula is C10H10O4. The first kappa shape index (κ1) is 9.18. The number of phenolic OH excluding ortho intramolecular Hbond substituents is 1. The van der Waals surface area contributed by atoms with Crippen molar-refractivity contribution in [2.45, 2.75) is 18.6 Å². The van der Waals surface area contributed by atoms with Gasteiger partial charge in [-0.2, -0.15) is 0 Å². The Hall–Kier alpha value is -1.39. The van der Waals surface area contributed by atoms with E-state index in [2.05, 4.69) is 0 Å². The molecule has 1 aliphatic rings. The first-order valence-electron chi connectivity index (χ1n) is 4.33. The van der Waals surface area contributed by atoms with E-state index in [1.807, 2.05) is 0 Å². The highest BCUT2D eigenvalue weighted by Gasteiger charge is 2.33. The molecule has 0 heterocycles. The normalized spacial score (nSPS) is 26.0. The molecule has 0 aromatic heterocycles. The van der Waals surface area contributed by atoms with Crippen molar-refractivity contribution in [2.75, 3.05) is 0 Å². The Morgan fingerprint density at radius 1 is 1.21 bits per heavy atom. The molecule has 14 heavy (non-hydrogen) atoms. The minimum atomic E-state index is -1.22. The fourth-order valence-corrected chi connectivity index (χ4v) is 1.72. The van der Waals surface area contributed by atoms with Crippen LogP contribution in [0.25, 0.3) is 0 Å². The second kappa shape index (κ2) is 3.08. The Labute approximate surface area is 80.4 Å². The van der Waals surface area contributed by atoms with Gasteiger partial charge in [0.2, 0.25) is 0 Å². The molecule has 0 saturated carbocycles. The maximum atomic E-state index is 11.5. The molecule has 1 aliphatic carbocycles. The Morgan fingerprint density at radius 3 is 2.64 bits per heavy atom. The number of benzene rings is 1. The lowest BCUT2D eigenvalue weighted by Crippen LogP contribution is -2.29. The molecule has 0 amide bonds. The average molecular weight is 194 g/mol. The Balaban J connectivity index is 2.62. The van der Waals surface area contributed by atoms with Gasteiger partial charge in [0, 0.05) is 6.42 Å². The van der Waals surface area contributed by atoms with Gasteiger partial charge in [0.25, 0.3) is 0 Å². The SMILES string of the molecule is O=C1c2c(O)cccc2[C@H](O)C[C@H]1O. The fraction of sp³-hybridized carbons (Fsp3) is 0.300. The molecule has 0 unspecified atom stereocenters. The third-order valence-corrected chi connectivity index (χ3v) is 2.43. The number of fused-ring (bicyclic) bond motifs is 1. The quantitative estimate of drug-likeness (QED) is 0.557. The highest BCUT2D eigenvalue weighted by atomic mass is 16.3. The smallest absolute Gasteiger partial charge is 0.195 e. The number of hydrogen-bond acceptors (Lipinski definition) is 4. The minimum Gasteiger partial charge on any atom is -0.507 e. The molecule has 0 saturated heterocycles. The van der Waals surface area contributed by atoms with Gasteiger partial charge >= 0.3 is 0 Å². The van der Waals surface area contributed by atoms with Gasteiger partial charge in [0.1, 0.15) is 11.9 Å². The van der Waals surface area contributed by atoms with E-state index in [1.165, 1.54) is 6.07 Å². The molecule has 0 bridgehead atoms. The predicted octanol–water partition coefficient (Wildman–Crippen LogP) is 0.373. The van der Waals surface area contributed by atoms with Crippen LogP contribution in [0.4, 0.5) is 0 Å². The number of rotatable bonds is 0. The second-order valence-electron chi connectivity index (χ2n) is 3.37. The summed E-state index contributed by atoms with van der Waals surface area (Å²) in [6.45, 7) is 0. The van der Waals surface area contributed by atoms with Crippen LogP contribution in [-0.2, 0) is 0 Å². The van der Waals surface area contributed by atoms with Crippen LogP contribution in [0.5, 0.6) is 5.75 Å². The molecule has 4 heteroatoms. The summed E-state index contributed by atoms with van der Waals surface area (Å²) in [6.07, 6.45) is -2.11. The Morgan fingerprint density at radius 2 is 1.93 bits per heavy atom. The summed E-state index contributed by atoms with van der Waals surface area (Å²) in [7, 11) is 0. The molecule has 0 aliphatic heterocycles. The molecule has 2 atom stereocenters. The van der Waals surface area contributed by atoms with Crippen LogP contribution >= 0.6 is 0 Å². The Bertz CT molecular complexity index is 386. The number of aromatic hydroxyl groups is 1. The molecule has 0 radical (unpaired) electrons. The molecule has 4 nitrogen and oxygen atoms in total. The predicted molar refractivity (Wildman–Crippen MR) is 48.0 cm³/mol. The number of ketones is 1. The van der Waals surface area contributed by atoms with Crippen molar-refractivity contribution in [1.29, 1.82) is 0 Å². The van der Waals surface area contributed by atoms with Crippen LogP contribution in [0, 0.1) is 0 Å². The van der Waals surface area contributed by atoms with E-state index in [4.69, 9.17) is 0 Å². The maximum absolute atomic E-state index is 11.5. The number of phenols is 1. The van der Waals surface area contributed by atoms with Crippen molar-refractivity contribution in [3.05, 3.63) is 29.3 Å². The summed E-state index contributed by atoms with van der Waals surface area (Å²) >= 11 is 0. The minimum absolute atomic E-state index is 0.00468. The molecule has 74 valence electrons. The van der Waals surface area contributed by atoms with E-state index < -0.39 is 18.0 Å². The molecule has 1 aromatic carbocycles. The summed E-state index contributed by atoms with van der Waals surface area (Å²) in [6, 6.07) is 4.49. The zero-order valence-electron chi connectivity index (χ0n) is 7.34. The molecule has 1 aromatic rings. The van der Waals surface area contributed by atoms with E-state index >= 15 is 0 Å². The lowest BCUT2D eigenvalue weighted by molar-refractivity contribution is 0.0480. The zero-order valence-corrected chi connectivity index (χ0v) is 7.34. The average Bonchev–Trinajstić information content (AvgIpc) is 2.14. The van der Waals surface area contributed by atoms with Gasteiger partial charge in [-0.25, -0.2) is 0 Å². The van der Waals surface area contributed by atoms with E-state index in [9.17, 15) is 20.1 Å². The van der Waals surface area contributed by atoms with Gasteiger partial charge in [0.05, 0.1) is 11.7 Å². The van der Waals surface area contributed by atoms with Crippen molar-refractivity contribution in [3.63, 3.8) is 0 Å². The lowest BCUT2D eigenvalue weighted by Gasteiger charge is -2.24. The fourth-order valence-electron chi connectivity index (χ4n) is 1.72. The van der Waals surface area contributed by atoms with Crippen LogP contribution in [0.3, 0.4) is 0 Å². The summed E-state index contributed by atoms with van der Waals surface area (Å²) in [4.78, 5) is 11.5. The van der Waals surface area contributed by atoms with E-state index in [1.54, 1.807) is 12.1 Å². The number of hydrogen-bond donors (Lipinski definition) is 3. The maximum Gasteiger partial charge on any atom is 0.195 e. The van der Waals surface area contributed by atoms with Gasteiger partial charge in [-0.3, -0.25) is 4.79 Å². The first-order valence-corrected chi connectivity index (χ1v) is 4.33. The van der Waals surface area contributed by atoms with Crippen LogP contribution in [0.2, 0.25) is 0 Å². The van der Waals surface area contributed by atoms with Gasteiger partial charge in [-0.1, -0.05) is 12.1 Å². The Kier molecular flexibility index (Phi) is 2.02. The molecule has 0 spiro atoms. The topological polar surface area (TPSA) is 77.8 Å². The largest absolute Gasteiger partial charge is 0.507 e. The van der Waals surface area contributed by atoms with Crippen LogP contribution in [-0.4, -0.2) is 27.2 Å². The van der Waals surface area contributed by atoms with Crippen molar-refractivity contribution in [2.24, 2.45) is 0 Å². The van der Waals surface area contributed by atoms with Crippen molar-refractivity contribution in [1.82, 2.24) is 0 Å². The van der Waals surface area contributed by atoms with Crippen molar-refractivity contribution >= 4 is 5.78 Å². The molecule has 2 rings (SSSR count). The summed E-state index contributed by atoms with van der Waals surface area (Å²) in [5, 5.41) is 28.3. The molecular weight excluding hydrogens is 184 g/mol.